The predicted octanol–water partition coefficient (Wildman–Crippen LogP) is 4.75. The quantitative estimate of drug-likeness (QED) is 0.597. The molecule has 0 aliphatic heterocycles. The standard InChI is InChI=1S/C22H25ClN2O2/c1-14-10-20(11-15(2)22(14)23)27-13-21(26)25-24-16(3)18-9-8-17-6-4-5-7-19(17)12-18/h8-12H,4-7,13H2,1-3H3,(H,25,26)/b24-16+. The van der Waals surface area contributed by atoms with Crippen LogP contribution in [0.25, 0.3) is 0 Å². The number of benzene rings is 2. The van der Waals surface area contributed by atoms with Crippen molar-refractivity contribution in [2.75, 3.05) is 6.61 Å². The molecule has 1 N–H and O–H groups in total. The second kappa shape index (κ2) is 8.57. The van der Waals surface area contributed by atoms with Crippen molar-refractivity contribution in [2.24, 2.45) is 5.10 Å². The Morgan fingerprint density at radius 1 is 1.11 bits per heavy atom. The van der Waals surface area contributed by atoms with Crippen molar-refractivity contribution in [2.45, 2.75) is 46.5 Å². The lowest BCUT2D eigenvalue weighted by atomic mass is 9.90. The topological polar surface area (TPSA) is 50.7 Å². The average molecular weight is 385 g/mol. The fraction of sp³-hybridized carbons (Fsp3) is 0.364. The third kappa shape index (κ3) is 4.89. The van der Waals surface area contributed by atoms with Crippen LogP contribution in [-0.4, -0.2) is 18.2 Å². The van der Waals surface area contributed by atoms with Crippen LogP contribution in [0.1, 0.15) is 47.6 Å². The molecule has 0 saturated carbocycles. The molecule has 2 aromatic carbocycles. The molecule has 2 aromatic rings. The molecule has 0 saturated heterocycles. The van der Waals surface area contributed by atoms with Gasteiger partial charge in [0.2, 0.25) is 0 Å². The second-order valence-corrected chi connectivity index (χ2v) is 7.46. The number of rotatable bonds is 5. The van der Waals surface area contributed by atoms with Crippen LogP contribution in [0.5, 0.6) is 5.75 Å². The van der Waals surface area contributed by atoms with Crippen molar-refractivity contribution in [3.63, 3.8) is 0 Å². The smallest absolute Gasteiger partial charge is 0.277 e. The lowest BCUT2D eigenvalue weighted by Crippen LogP contribution is -2.25. The van der Waals surface area contributed by atoms with Gasteiger partial charge in [-0.1, -0.05) is 23.7 Å². The molecule has 0 aromatic heterocycles. The van der Waals surface area contributed by atoms with E-state index in [0.29, 0.717) is 5.75 Å². The lowest BCUT2D eigenvalue weighted by molar-refractivity contribution is -0.123. The third-order valence-corrected chi connectivity index (χ3v) is 5.49. The van der Waals surface area contributed by atoms with E-state index in [2.05, 4.69) is 28.7 Å². The first-order chi connectivity index (χ1) is 12.9. The number of hydrogen-bond donors (Lipinski definition) is 1. The minimum absolute atomic E-state index is 0.0958. The molecule has 0 heterocycles. The van der Waals surface area contributed by atoms with E-state index in [1.54, 1.807) is 0 Å². The van der Waals surface area contributed by atoms with Crippen LogP contribution >= 0.6 is 11.6 Å². The van der Waals surface area contributed by atoms with Gasteiger partial charge < -0.3 is 4.74 Å². The highest BCUT2D eigenvalue weighted by atomic mass is 35.5. The van der Waals surface area contributed by atoms with Gasteiger partial charge in [-0.3, -0.25) is 4.79 Å². The van der Waals surface area contributed by atoms with Gasteiger partial charge in [0.1, 0.15) is 5.75 Å². The first-order valence-corrected chi connectivity index (χ1v) is 9.66. The molecule has 3 rings (SSSR count). The number of aryl methyl sites for hydroxylation is 4. The summed E-state index contributed by atoms with van der Waals surface area (Å²) in [6.07, 6.45) is 4.78. The molecule has 4 nitrogen and oxygen atoms in total. The highest BCUT2D eigenvalue weighted by Crippen LogP contribution is 2.26. The molecule has 0 fully saturated rings. The Bertz CT molecular complexity index is 867. The van der Waals surface area contributed by atoms with E-state index in [9.17, 15) is 4.79 Å². The summed E-state index contributed by atoms with van der Waals surface area (Å²) in [5, 5.41) is 4.94. The van der Waals surface area contributed by atoms with Gasteiger partial charge in [0.25, 0.3) is 5.91 Å². The number of carbonyl (C=O) groups is 1. The monoisotopic (exact) mass is 384 g/mol. The van der Waals surface area contributed by atoms with E-state index in [1.807, 2.05) is 32.9 Å². The van der Waals surface area contributed by atoms with Gasteiger partial charge in [-0.2, -0.15) is 5.10 Å². The van der Waals surface area contributed by atoms with Crippen LogP contribution in [0.4, 0.5) is 0 Å². The number of fused-ring (bicyclic) bond motifs is 1. The van der Waals surface area contributed by atoms with Crippen molar-refractivity contribution in [3.05, 3.63) is 63.2 Å². The number of amides is 1. The number of hydrogen-bond acceptors (Lipinski definition) is 3. The molecule has 0 atom stereocenters. The largest absolute Gasteiger partial charge is 0.484 e. The maximum atomic E-state index is 12.1. The Hall–Kier alpha value is -2.33. The van der Waals surface area contributed by atoms with Gasteiger partial charge in [0.15, 0.2) is 6.61 Å². The Labute approximate surface area is 165 Å². The summed E-state index contributed by atoms with van der Waals surface area (Å²) in [5.74, 6) is 0.331. The zero-order valence-electron chi connectivity index (χ0n) is 16.1. The Balaban J connectivity index is 1.58. The third-order valence-electron chi connectivity index (χ3n) is 4.89. The molecule has 0 bridgehead atoms. The van der Waals surface area contributed by atoms with E-state index >= 15 is 0 Å². The van der Waals surface area contributed by atoms with Crippen molar-refractivity contribution in [1.82, 2.24) is 5.43 Å². The normalized spacial score (nSPS) is 13.9. The molecular formula is C22H25ClN2O2. The Morgan fingerprint density at radius 3 is 2.48 bits per heavy atom. The summed E-state index contributed by atoms with van der Waals surface area (Å²) in [7, 11) is 0. The SMILES string of the molecule is C/C(=N\NC(=O)COc1cc(C)c(Cl)c(C)c1)c1ccc2c(c1)CCCC2. The van der Waals surface area contributed by atoms with Crippen LogP contribution in [0, 0.1) is 13.8 Å². The maximum Gasteiger partial charge on any atom is 0.277 e. The molecule has 0 radical (unpaired) electrons. The maximum absolute atomic E-state index is 12.1. The molecule has 1 aliphatic rings. The number of nitrogens with one attached hydrogen (secondary N) is 1. The Morgan fingerprint density at radius 2 is 1.78 bits per heavy atom. The summed E-state index contributed by atoms with van der Waals surface area (Å²) < 4.78 is 5.56. The number of carbonyl (C=O) groups excluding carboxylic acids is 1. The van der Waals surface area contributed by atoms with Gasteiger partial charge in [0.05, 0.1) is 5.71 Å². The van der Waals surface area contributed by atoms with Gasteiger partial charge in [-0.05, 0) is 92.5 Å². The summed E-state index contributed by atoms with van der Waals surface area (Å²) in [6.45, 7) is 5.63. The zero-order chi connectivity index (χ0) is 19.4. The van der Waals surface area contributed by atoms with Crippen molar-refractivity contribution in [1.29, 1.82) is 0 Å². The predicted molar refractivity (Wildman–Crippen MR) is 110 cm³/mol. The van der Waals surface area contributed by atoms with E-state index < -0.39 is 0 Å². The van der Waals surface area contributed by atoms with Gasteiger partial charge in [0, 0.05) is 5.02 Å². The Kier molecular flexibility index (Phi) is 6.17. The number of nitrogens with zero attached hydrogens (tertiary/aromatic N) is 1. The van der Waals surface area contributed by atoms with E-state index in [1.165, 1.54) is 24.0 Å². The van der Waals surface area contributed by atoms with E-state index in [-0.39, 0.29) is 12.5 Å². The fourth-order valence-corrected chi connectivity index (χ4v) is 3.45. The summed E-state index contributed by atoms with van der Waals surface area (Å²) in [6, 6.07) is 10.1. The zero-order valence-corrected chi connectivity index (χ0v) is 16.8. The van der Waals surface area contributed by atoms with Crippen LogP contribution in [0.3, 0.4) is 0 Å². The van der Waals surface area contributed by atoms with Crippen molar-refractivity contribution >= 4 is 23.2 Å². The second-order valence-electron chi connectivity index (χ2n) is 7.08. The first-order valence-electron chi connectivity index (χ1n) is 9.29. The molecular weight excluding hydrogens is 360 g/mol. The molecule has 0 unspecified atom stereocenters. The molecule has 1 amide bonds. The summed E-state index contributed by atoms with van der Waals surface area (Å²) >= 11 is 6.15. The minimum Gasteiger partial charge on any atom is -0.484 e. The summed E-state index contributed by atoms with van der Waals surface area (Å²) in [4.78, 5) is 12.1. The highest BCUT2D eigenvalue weighted by Gasteiger charge is 2.11. The summed E-state index contributed by atoms with van der Waals surface area (Å²) in [5.41, 5.74) is 9.08. The molecule has 0 spiro atoms. The molecule has 142 valence electrons. The number of halogens is 1. The minimum atomic E-state index is -0.294. The molecule has 27 heavy (non-hydrogen) atoms. The van der Waals surface area contributed by atoms with Gasteiger partial charge in [-0.15, -0.1) is 0 Å². The van der Waals surface area contributed by atoms with Crippen molar-refractivity contribution < 1.29 is 9.53 Å². The highest BCUT2D eigenvalue weighted by molar-refractivity contribution is 6.32. The van der Waals surface area contributed by atoms with Crippen LogP contribution in [0.15, 0.2) is 35.4 Å². The number of ether oxygens (including phenoxy) is 1. The first kappa shape index (κ1) is 19.4. The van der Waals surface area contributed by atoms with E-state index in [4.69, 9.17) is 16.3 Å². The van der Waals surface area contributed by atoms with Crippen LogP contribution in [-0.2, 0) is 17.6 Å². The molecule has 5 heteroatoms. The van der Waals surface area contributed by atoms with Gasteiger partial charge in [-0.25, -0.2) is 5.43 Å². The van der Waals surface area contributed by atoms with Crippen LogP contribution in [0.2, 0.25) is 5.02 Å². The van der Waals surface area contributed by atoms with E-state index in [0.717, 1.165) is 40.3 Å². The average Bonchev–Trinajstić information content (AvgIpc) is 2.68. The van der Waals surface area contributed by atoms with Crippen molar-refractivity contribution in [3.8, 4) is 5.75 Å². The lowest BCUT2D eigenvalue weighted by Gasteiger charge is -2.16. The fourth-order valence-electron chi connectivity index (χ4n) is 3.34. The van der Waals surface area contributed by atoms with Gasteiger partial charge >= 0.3 is 0 Å². The van der Waals surface area contributed by atoms with Crippen LogP contribution < -0.4 is 10.2 Å². The number of hydrazone groups is 1. The molecule has 1 aliphatic carbocycles.